The van der Waals surface area contributed by atoms with Gasteiger partial charge in [-0.25, -0.2) is 0 Å². The van der Waals surface area contributed by atoms with Crippen molar-refractivity contribution in [3.05, 3.63) is 83.4 Å². The van der Waals surface area contributed by atoms with Crippen LogP contribution in [0.5, 0.6) is 0 Å². The number of hydrogen-bond donors (Lipinski definition) is 1. The molecule has 0 aliphatic carbocycles. The summed E-state index contributed by atoms with van der Waals surface area (Å²) in [5.41, 5.74) is 1.71. The smallest absolute Gasteiger partial charge is 0.280 e. The molecule has 2 heterocycles. The van der Waals surface area contributed by atoms with Gasteiger partial charge >= 0.3 is 0 Å². The molecule has 34 heavy (non-hydrogen) atoms. The molecule has 1 N–H and O–H groups in total. The summed E-state index contributed by atoms with van der Waals surface area (Å²) in [4.78, 5) is 31.3. The number of rotatable bonds is 2. The second-order valence-electron chi connectivity index (χ2n) is 8.59. The Bertz CT molecular complexity index is 1540. The SMILES string of the molecule is CC#Cc1ccc2sc3ccc([C@]4(C)CC(=O)N(C)/C(=N\C(=O)c5ccccc5)N4)cc3c2c1. The van der Waals surface area contributed by atoms with Crippen LogP contribution in [0.1, 0.15) is 41.8 Å². The van der Waals surface area contributed by atoms with Gasteiger partial charge in [0.15, 0.2) is 0 Å². The van der Waals surface area contributed by atoms with E-state index < -0.39 is 11.4 Å². The second kappa shape index (κ2) is 8.44. The standard InChI is InChI=1S/C28H23N3O2S/c1-4-8-18-11-13-23-21(15-18)22-16-20(12-14-24(22)34-23)28(2)17-25(32)31(3)27(30-28)29-26(33)19-9-6-5-7-10-19/h5-7,9-16H,17H2,1-3H3,(H,29,30,33)/t28-/m0/s1. The van der Waals surface area contributed by atoms with Crippen molar-refractivity contribution >= 4 is 49.3 Å². The number of carbonyl (C=O) groups excluding carboxylic acids is 2. The quantitative estimate of drug-likeness (QED) is 0.409. The molecule has 1 aliphatic rings. The van der Waals surface area contributed by atoms with E-state index in [-0.39, 0.29) is 18.3 Å². The van der Waals surface area contributed by atoms with Crippen molar-refractivity contribution in [1.82, 2.24) is 10.2 Å². The van der Waals surface area contributed by atoms with Crippen LogP contribution in [0, 0.1) is 11.8 Å². The van der Waals surface area contributed by atoms with Gasteiger partial charge < -0.3 is 5.32 Å². The molecule has 1 aliphatic heterocycles. The van der Waals surface area contributed by atoms with Gasteiger partial charge in [-0.3, -0.25) is 14.5 Å². The number of carbonyl (C=O) groups is 2. The molecule has 0 unspecified atom stereocenters. The minimum atomic E-state index is -0.706. The van der Waals surface area contributed by atoms with Crippen molar-refractivity contribution in [2.24, 2.45) is 4.99 Å². The number of guanidine groups is 1. The Labute approximate surface area is 202 Å². The van der Waals surface area contributed by atoms with E-state index in [1.165, 1.54) is 14.3 Å². The van der Waals surface area contributed by atoms with E-state index in [9.17, 15) is 9.59 Å². The minimum absolute atomic E-state index is 0.100. The number of benzene rings is 3. The number of nitrogens with zero attached hydrogens (tertiary/aromatic N) is 2. The Hall–Kier alpha value is -3.95. The van der Waals surface area contributed by atoms with Crippen molar-refractivity contribution in [1.29, 1.82) is 0 Å². The first-order valence-electron chi connectivity index (χ1n) is 11.0. The molecule has 1 aromatic heterocycles. The number of hydrogen-bond acceptors (Lipinski definition) is 3. The molecule has 4 aromatic rings. The lowest BCUT2D eigenvalue weighted by atomic mass is 9.86. The third kappa shape index (κ3) is 3.85. The van der Waals surface area contributed by atoms with E-state index in [4.69, 9.17) is 0 Å². The predicted molar refractivity (Wildman–Crippen MR) is 138 cm³/mol. The molecule has 0 bridgehead atoms. The lowest BCUT2D eigenvalue weighted by Crippen LogP contribution is -2.58. The lowest BCUT2D eigenvalue weighted by molar-refractivity contribution is -0.129. The van der Waals surface area contributed by atoms with Crippen LogP contribution in [0.3, 0.4) is 0 Å². The Morgan fingerprint density at radius 1 is 1.06 bits per heavy atom. The van der Waals surface area contributed by atoms with Gasteiger partial charge in [0.1, 0.15) is 0 Å². The van der Waals surface area contributed by atoms with Crippen LogP contribution < -0.4 is 5.32 Å². The Balaban J connectivity index is 1.56. The summed E-state index contributed by atoms with van der Waals surface area (Å²) in [7, 11) is 1.64. The van der Waals surface area contributed by atoms with Gasteiger partial charge in [0.25, 0.3) is 5.91 Å². The van der Waals surface area contributed by atoms with Gasteiger partial charge in [0, 0.05) is 38.3 Å². The highest BCUT2D eigenvalue weighted by Gasteiger charge is 2.39. The molecule has 0 saturated carbocycles. The van der Waals surface area contributed by atoms with Gasteiger partial charge in [-0.05, 0) is 61.9 Å². The molecule has 1 atom stereocenters. The van der Waals surface area contributed by atoms with Crippen molar-refractivity contribution < 1.29 is 9.59 Å². The topological polar surface area (TPSA) is 61.8 Å². The van der Waals surface area contributed by atoms with Crippen molar-refractivity contribution in [3.63, 3.8) is 0 Å². The lowest BCUT2D eigenvalue weighted by Gasteiger charge is -2.40. The van der Waals surface area contributed by atoms with Crippen LogP contribution in [0.25, 0.3) is 20.2 Å². The van der Waals surface area contributed by atoms with Crippen LogP contribution in [0.15, 0.2) is 71.7 Å². The number of nitrogens with one attached hydrogen (secondary N) is 1. The monoisotopic (exact) mass is 465 g/mol. The van der Waals surface area contributed by atoms with E-state index in [2.05, 4.69) is 46.4 Å². The highest BCUT2D eigenvalue weighted by atomic mass is 32.1. The van der Waals surface area contributed by atoms with Gasteiger partial charge in [-0.15, -0.1) is 17.3 Å². The zero-order valence-electron chi connectivity index (χ0n) is 19.2. The summed E-state index contributed by atoms with van der Waals surface area (Å²) in [5.74, 6) is 5.85. The van der Waals surface area contributed by atoms with Gasteiger partial charge in [0.2, 0.25) is 11.9 Å². The zero-order valence-corrected chi connectivity index (χ0v) is 20.0. The fourth-order valence-electron chi connectivity index (χ4n) is 4.28. The number of aliphatic imine (C=N–C) groups is 1. The summed E-state index contributed by atoms with van der Waals surface area (Å²) in [6.45, 7) is 3.81. The summed E-state index contributed by atoms with van der Waals surface area (Å²) in [5, 5.41) is 5.66. The maximum Gasteiger partial charge on any atom is 0.280 e. The van der Waals surface area contributed by atoms with E-state index in [1.807, 2.05) is 32.0 Å². The van der Waals surface area contributed by atoms with Crippen LogP contribution in [-0.2, 0) is 10.3 Å². The first kappa shape index (κ1) is 21.9. The predicted octanol–water partition coefficient (Wildman–Crippen LogP) is 5.29. The molecule has 0 radical (unpaired) electrons. The number of amides is 2. The van der Waals surface area contributed by atoms with Crippen molar-refractivity contribution in [2.45, 2.75) is 25.8 Å². The first-order valence-corrected chi connectivity index (χ1v) is 11.8. The zero-order chi connectivity index (χ0) is 23.9. The van der Waals surface area contributed by atoms with E-state index in [0.717, 1.165) is 21.9 Å². The van der Waals surface area contributed by atoms with Gasteiger partial charge in [0.05, 0.1) is 12.0 Å². The van der Waals surface area contributed by atoms with Crippen molar-refractivity contribution in [2.75, 3.05) is 7.05 Å². The number of thiophene rings is 1. The average molecular weight is 466 g/mol. The van der Waals surface area contributed by atoms with Crippen LogP contribution in [-0.4, -0.2) is 29.7 Å². The second-order valence-corrected chi connectivity index (χ2v) is 9.68. The maximum absolute atomic E-state index is 12.9. The molecule has 1 fully saturated rings. The summed E-state index contributed by atoms with van der Waals surface area (Å²) in [6, 6.07) is 21.4. The molecular formula is C28H23N3O2S. The average Bonchev–Trinajstić information content (AvgIpc) is 3.20. The third-order valence-corrected chi connectivity index (χ3v) is 7.34. The summed E-state index contributed by atoms with van der Waals surface area (Å²) < 4.78 is 2.37. The molecule has 2 amide bonds. The Morgan fingerprint density at radius 3 is 2.50 bits per heavy atom. The highest BCUT2D eigenvalue weighted by molar-refractivity contribution is 7.25. The maximum atomic E-state index is 12.9. The fourth-order valence-corrected chi connectivity index (χ4v) is 5.34. The molecule has 0 spiro atoms. The number of fused-ring (bicyclic) bond motifs is 3. The van der Waals surface area contributed by atoms with E-state index >= 15 is 0 Å². The highest BCUT2D eigenvalue weighted by Crippen LogP contribution is 2.38. The molecule has 5 rings (SSSR count). The Kier molecular flexibility index (Phi) is 5.43. The van der Waals surface area contributed by atoms with Crippen LogP contribution in [0.2, 0.25) is 0 Å². The van der Waals surface area contributed by atoms with E-state index in [1.54, 1.807) is 42.6 Å². The normalized spacial score (nSPS) is 19.2. The van der Waals surface area contributed by atoms with Crippen LogP contribution in [0.4, 0.5) is 0 Å². The molecule has 3 aromatic carbocycles. The summed E-state index contributed by atoms with van der Waals surface area (Å²) >= 11 is 1.74. The Morgan fingerprint density at radius 2 is 1.76 bits per heavy atom. The molecule has 168 valence electrons. The van der Waals surface area contributed by atoms with Crippen molar-refractivity contribution in [3.8, 4) is 11.8 Å². The van der Waals surface area contributed by atoms with Crippen LogP contribution >= 0.6 is 11.3 Å². The molecular weight excluding hydrogens is 442 g/mol. The largest absolute Gasteiger partial charge is 0.346 e. The molecule has 5 nitrogen and oxygen atoms in total. The molecule has 1 saturated heterocycles. The summed E-state index contributed by atoms with van der Waals surface area (Å²) in [6.07, 6.45) is 0.252. The van der Waals surface area contributed by atoms with Gasteiger partial charge in [-0.1, -0.05) is 30.2 Å². The molecule has 6 heteroatoms. The van der Waals surface area contributed by atoms with E-state index in [0.29, 0.717) is 5.56 Å². The third-order valence-electron chi connectivity index (χ3n) is 6.19. The minimum Gasteiger partial charge on any atom is -0.346 e. The fraction of sp³-hybridized carbons (Fsp3) is 0.179. The first-order chi connectivity index (χ1) is 16.4. The van der Waals surface area contributed by atoms with Gasteiger partial charge in [-0.2, -0.15) is 4.99 Å².